The number of rotatable bonds is 6. The first kappa shape index (κ1) is 25.8. The Labute approximate surface area is 205 Å². The van der Waals surface area contributed by atoms with E-state index in [9.17, 15) is 9.59 Å². The standard InChI is InChI=1S/C13H19NO2S.C13H18O2S/c1-2-16-13(15)10-8-11(17-12(10)14)9-6-4-3-5-7-9;1-2-15-13(14)11-8-12(16-9-11)10-6-4-3-5-7-10/h8-9H,2-7,14H2,1H3;8-10H,2-7H2,1H3. The summed E-state index contributed by atoms with van der Waals surface area (Å²) >= 11 is 3.26. The lowest BCUT2D eigenvalue weighted by atomic mass is 9.88. The number of nitrogens with two attached hydrogens (primary N) is 1. The molecule has 2 aliphatic carbocycles. The maximum Gasteiger partial charge on any atom is 0.341 e. The van der Waals surface area contributed by atoms with Gasteiger partial charge in [0.25, 0.3) is 0 Å². The summed E-state index contributed by atoms with van der Waals surface area (Å²) in [7, 11) is 0. The minimum Gasteiger partial charge on any atom is -0.462 e. The number of hydrogen-bond donors (Lipinski definition) is 1. The number of nitrogen functional groups attached to an aromatic ring is 1. The summed E-state index contributed by atoms with van der Waals surface area (Å²) in [5.41, 5.74) is 7.18. The molecular weight excluding hydrogens is 454 g/mol. The van der Waals surface area contributed by atoms with Gasteiger partial charge in [-0.3, -0.25) is 0 Å². The van der Waals surface area contributed by atoms with Gasteiger partial charge in [-0.15, -0.1) is 22.7 Å². The molecule has 0 radical (unpaired) electrons. The Morgan fingerprint density at radius 2 is 1.39 bits per heavy atom. The molecule has 0 unspecified atom stereocenters. The van der Waals surface area contributed by atoms with Crippen LogP contribution in [0.25, 0.3) is 0 Å². The van der Waals surface area contributed by atoms with E-state index in [1.165, 1.54) is 74.0 Å². The lowest BCUT2D eigenvalue weighted by Gasteiger charge is -2.19. The van der Waals surface area contributed by atoms with Crippen LogP contribution in [-0.4, -0.2) is 25.2 Å². The normalized spacial score (nSPS) is 17.2. The zero-order valence-electron chi connectivity index (χ0n) is 19.9. The molecule has 0 amide bonds. The van der Waals surface area contributed by atoms with Gasteiger partial charge >= 0.3 is 11.9 Å². The van der Waals surface area contributed by atoms with Gasteiger partial charge in [0.2, 0.25) is 0 Å². The van der Waals surface area contributed by atoms with Crippen molar-refractivity contribution < 1.29 is 19.1 Å². The zero-order chi connectivity index (χ0) is 23.6. The number of thiophene rings is 2. The molecule has 33 heavy (non-hydrogen) atoms. The molecule has 4 rings (SSSR count). The lowest BCUT2D eigenvalue weighted by molar-refractivity contribution is 0.0518. The summed E-state index contributed by atoms with van der Waals surface area (Å²) in [6.07, 6.45) is 13.0. The van der Waals surface area contributed by atoms with E-state index in [0.29, 0.717) is 35.6 Å². The van der Waals surface area contributed by atoms with Gasteiger partial charge in [-0.1, -0.05) is 38.5 Å². The molecule has 2 aromatic heterocycles. The largest absolute Gasteiger partial charge is 0.462 e. The fourth-order valence-corrected chi connectivity index (χ4v) is 6.79. The van der Waals surface area contributed by atoms with Crippen molar-refractivity contribution in [3.8, 4) is 0 Å². The van der Waals surface area contributed by atoms with Crippen LogP contribution in [0.1, 0.15) is 120 Å². The van der Waals surface area contributed by atoms with E-state index in [1.54, 1.807) is 22.7 Å². The predicted octanol–water partition coefficient (Wildman–Crippen LogP) is 7.53. The monoisotopic (exact) mass is 491 g/mol. The van der Waals surface area contributed by atoms with Crippen molar-refractivity contribution in [1.82, 2.24) is 0 Å². The average Bonchev–Trinajstić information content (AvgIpc) is 3.49. The maximum absolute atomic E-state index is 11.7. The fourth-order valence-electron chi connectivity index (χ4n) is 4.66. The molecule has 2 saturated carbocycles. The number of hydrogen-bond acceptors (Lipinski definition) is 7. The summed E-state index contributed by atoms with van der Waals surface area (Å²) < 4.78 is 9.99. The number of carbonyl (C=O) groups excluding carboxylic acids is 2. The Hall–Kier alpha value is -1.86. The number of carbonyl (C=O) groups is 2. The number of ether oxygens (including phenoxy) is 2. The van der Waals surface area contributed by atoms with Crippen molar-refractivity contribution in [3.63, 3.8) is 0 Å². The van der Waals surface area contributed by atoms with Crippen LogP contribution in [0.2, 0.25) is 0 Å². The third-order valence-corrected chi connectivity index (χ3v) is 8.64. The first-order valence-corrected chi connectivity index (χ1v) is 14.0. The zero-order valence-corrected chi connectivity index (χ0v) is 21.5. The van der Waals surface area contributed by atoms with Crippen LogP contribution in [0.3, 0.4) is 0 Å². The van der Waals surface area contributed by atoms with E-state index in [2.05, 4.69) is 0 Å². The Balaban J connectivity index is 0.000000186. The summed E-state index contributed by atoms with van der Waals surface area (Å²) in [6, 6.07) is 3.96. The van der Waals surface area contributed by atoms with E-state index in [-0.39, 0.29) is 11.9 Å². The Morgan fingerprint density at radius 1 is 0.848 bits per heavy atom. The highest BCUT2D eigenvalue weighted by atomic mass is 32.1. The molecule has 7 heteroatoms. The quantitative estimate of drug-likeness (QED) is 0.423. The molecule has 2 aromatic rings. The SMILES string of the molecule is CCOC(=O)c1cc(C2CCCCC2)sc1N.CCOC(=O)c1csc(C2CCCCC2)c1. The number of anilines is 1. The van der Waals surface area contributed by atoms with Crippen molar-refractivity contribution in [2.45, 2.75) is 89.9 Å². The van der Waals surface area contributed by atoms with Crippen LogP contribution >= 0.6 is 22.7 Å². The Morgan fingerprint density at radius 3 is 1.97 bits per heavy atom. The molecule has 0 atom stereocenters. The van der Waals surface area contributed by atoms with E-state index in [0.717, 1.165) is 5.56 Å². The molecule has 0 bridgehead atoms. The Kier molecular flexibility index (Phi) is 10.3. The van der Waals surface area contributed by atoms with E-state index < -0.39 is 0 Å². The van der Waals surface area contributed by atoms with Gasteiger partial charge in [0, 0.05) is 15.1 Å². The molecule has 182 valence electrons. The van der Waals surface area contributed by atoms with Crippen LogP contribution in [0.4, 0.5) is 5.00 Å². The van der Waals surface area contributed by atoms with Crippen LogP contribution in [0, 0.1) is 0 Å². The smallest absolute Gasteiger partial charge is 0.341 e. The van der Waals surface area contributed by atoms with Crippen molar-refractivity contribution in [2.75, 3.05) is 18.9 Å². The molecule has 0 saturated heterocycles. The molecular formula is C26H37NO4S2. The van der Waals surface area contributed by atoms with Gasteiger partial charge in [0.15, 0.2) is 0 Å². The first-order chi connectivity index (χ1) is 16.0. The highest BCUT2D eigenvalue weighted by Gasteiger charge is 2.22. The summed E-state index contributed by atoms with van der Waals surface area (Å²) in [4.78, 5) is 25.8. The van der Waals surface area contributed by atoms with Gasteiger partial charge in [0.1, 0.15) is 5.00 Å². The second kappa shape index (κ2) is 13.1. The van der Waals surface area contributed by atoms with Crippen molar-refractivity contribution in [3.05, 3.63) is 38.4 Å². The van der Waals surface area contributed by atoms with Gasteiger partial charge in [-0.25, -0.2) is 9.59 Å². The highest BCUT2D eigenvalue weighted by molar-refractivity contribution is 7.16. The van der Waals surface area contributed by atoms with Gasteiger partial charge < -0.3 is 15.2 Å². The van der Waals surface area contributed by atoms with E-state index >= 15 is 0 Å². The second-order valence-electron chi connectivity index (χ2n) is 8.78. The lowest BCUT2D eigenvalue weighted by Crippen LogP contribution is -2.06. The molecule has 0 aromatic carbocycles. The summed E-state index contributed by atoms with van der Waals surface area (Å²) in [5.74, 6) is 0.810. The molecule has 0 spiro atoms. The third kappa shape index (κ3) is 7.31. The van der Waals surface area contributed by atoms with Gasteiger partial charge in [-0.2, -0.15) is 0 Å². The topological polar surface area (TPSA) is 78.6 Å². The van der Waals surface area contributed by atoms with Crippen LogP contribution in [0.5, 0.6) is 0 Å². The summed E-state index contributed by atoms with van der Waals surface area (Å²) in [6.45, 7) is 4.50. The minimum absolute atomic E-state index is 0.180. The van der Waals surface area contributed by atoms with Crippen LogP contribution in [-0.2, 0) is 9.47 Å². The number of esters is 2. The second-order valence-corrected chi connectivity index (χ2v) is 10.8. The van der Waals surface area contributed by atoms with E-state index in [1.807, 2.05) is 31.4 Å². The van der Waals surface area contributed by atoms with Crippen molar-refractivity contribution in [2.24, 2.45) is 0 Å². The fraction of sp³-hybridized carbons (Fsp3) is 0.615. The van der Waals surface area contributed by atoms with Gasteiger partial charge in [0.05, 0.1) is 24.3 Å². The molecule has 2 heterocycles. The van der Waals surface area contributed by atoms with E-state index in [4.69, 9.17) is 15.2 Å². The highest BCUT2D eigenvalue weighted by Crippen LogP contribution is 2.39. The van der Waals surface area contributed by atoms with Crippen LogP contribution in [0.15, 0.2) is 17.5 Å². The minimum atomic E-state index is -0.289. The van der Waals surface area contributed by atoms with Crippen molar-refractivity contribution >= 4 is 39.6 Å². The Bertz CT molecular complexity index is 892. The van der Waals surface area contributed by atoms with Gasteiger partial charge in [-0.05, 0) is 63.5 Å². The van der Waals surface area contributed by atoms with Crippen LogP contribution < -0.4 is 5.73 Å². The average molecular weight is 492 g/mol. The molecule has 0 aliphatic heterocycles. The summed E-state index contributed by atoms with van der Waals surface area (Å²) in [5, 5.41) is 2.53. The predicted molar refractivity (Wildman–Crippen MR) is 137 cm³/mol. The van der Waals surface area contributed by atoms with Crippen molar-refractivity contribution in [1.29, 1.82) is 0 Å². The first-order valence-electron chi connectivity index (χ1n) is 12.3. The maximum atomic E-state index is 11.7. The molecule has 5 nitrogen and oxygen atoms in total. The molecule has 2 fully saturated rings. The molecule has 2 aliphatic rings. The molecule has 2 N–H and O–H groups in total. The third-order valence-electron chi connectivity index (χ3n) is 6.42.